The molecule has 0 unspecified atom stereocenters. The minimum Gasteiger partial charge on any atom is -0.454 e. The van der Waals surface area contributed by atoms with E-state index in [1.807, 2.05) is 38.1 Å². The molecule has 0 spiro atoms. The number of aromatic nitrogens is 1. The van der Waals surface area contributed by atoms with E-state index in [9.17, 15) is 9.18 Å². The molecule has 31 heavy (non-hydrogen) atoms. The minimum atomic E-state index is -0.512. The van der Waals surface area contributed by atoms with Gasteiger partial charge in [0, 0.05) is 23.1 Å². The number of amides is 1. The van der Waals surface area contributed by atoms with Crippen molar-refractivity contribution < 1.29 is 18.7 Å². The number of nitrogens with one attached hydrogen (secondary N) is 1. The fraction of sp³-hybridized carbons (Fsp3) is 0.130. The van der Waals surface area contributed by atoms with Gasteiger partial charge in [-0.15, -0.1) is 0 Å². The summed E-state index contributed by atoms with van der Waals surface area (Å²) in [6.45, 7) is 4.17. The van der Waals surface area contributed by atoms with Gasteiger partial charge in [0.2, 0.25) is 6.79 Å². The molecule has 1 aromatic heterocycles. The average molecular weight is 435 g/mol. The summed E-state index contributed by atoms with van der Waals surface area (Å²) < 4.78 is 27.2. The first-order valence-electron chi connectivity index (χ1n) is 9.64. The highest BCUT2D eigenvalue weighted by atomic mass is 32.1. The van der Waals surface area contributed by atoms with Gasteiger partial charge in [-0.1, -0.05) is 12.1 Å². The number of fused-ring (bicyclic) bond motifs is 1. The maximum Gasteiger partial charge on any atom is 0.281 e. The first kappa shape index (κ1) is 19.3. The van der Waals surface area contributed by atoms with Gasteiger partial charge in [0.25, 0.3) is 5.91 Å². The fourth-order valence-corrected chi connectivity index (χ4v) is 4.19. The lowest BCUT2D eigenvalue weighted by Crippen LogP contribution is -2.31. The predicted molar refractivity (Wildman–Crippen MR) is 119 cm³/mol. The van der Waals surface area contributed by atoms with Gasteiger partial charge in [-0.05, 0) is 68.0 Å². The molecule has 1 N–H and O–H groups in total. The quantitative estimate of drug-likeness (QED) is 0.493. The number of carbonyl (C=O) groups excluding carboxylic acids is 1. The standard InChI is InChI=1S/C23H18FN3O3S/c1-13-9-15(14(2)26(13)16-7-8-20-21(11-16)30-12-29-20)10-18-22(28)27(23(31)25-18)19-6-4-3-5-17(19)24/h3-11H,12H2,1-2H3,(H,25,31)/b18-10-. The van der Waals surface area contributed by atoms with E-state index in [1.54, 1.807) is 18.2 Å². The number of thiocarbonyl (C=S) groups is 1. The predicted octanol–water partition coefficient (Wildman–Crippen LogP) is 4.22. The lowest BCUT2D eigenvalue weighted by Gasteiger charge is -2.14. The van der Waals surface area contributed by atoms with Gasteiger partial charge in [0.1, 0.15) is 11.5 Å². The smallest absolute Gasteiger partial charge is 0.281 e. The second-order valence-corrected chi connectivity index (χ2v) is 7.67. The van der Waals surface area contributed by atoms with E-state index in [1.165, 1.54) is 17.0 Å². The summed E-state index contributed by atoms with van der Waals surface area (Å²) in [5, 5.41) is 3.06. The molecule has 0 radical (unpaired) electrons. The lowest BCUT2D eigenvalue weighted by molar-refractivity contribution is -0.113. The van der Waals surface area contributed by atoms with Crippen LogP contribution in [0.1, 0.15) is 17.0 Å². The summed E-state index contributed by atoms with van der Waals surface area (Å²) >= 11 is 5.29. The zero-order chi connectivity index (χ0) is 21.7. The highest BCUT2D eigenvalue weighted by Gasteiger charge is 2.33. The molecule has 3 aromatic rings. The van der Waals surface area contributed by atoms with E-state index in [-0.39, 0.29) is 17.6 Å². The molecule has 0 saturated carbocycles. The van der Waals surface area contributed by atoms with Crippen molar-refractivity contribution in [2.24, 2.45) is 0 Å². The first-order chi connectivity index (χ1) is 14.9. The number of anilines is 1. The van der Waals surface area contributed by atoms with Gasteiger partial charge >= 0.3 is 0 Å². The number of para-hydroxylation sites is 1. The Labute approximate surface area is 183 Å². The second-order valence-electron chi connectivity index (χ2n) is 7.28. The van der Waals surface area contributed by atoms with Crippen LogP contribution >= 0.6 is 12.2 Å². The van der Waals surface area contributed by atoms with Gasteiger partial charge in [0.15, 0.2) is 16.6 Å². The van der Waals surface area contributed by atoms with Crippen LogP contribution < -0.4 is 19.7 Å². The van der Waals surface area contributed by atoms with Gasteiger partial charge in [-0.25, -0.2) is 9.29 Å². The van der Waals surface area contributed by atoms with Crippen LogP contribution in [0.4, 0.5) is 10.1 Å². The molecule has 6 nitrogen and oxygen atoms in total. The molecular weight excluding hydrogens is 417 g/mol. The van der Waals surface area contributed by atoms with E-state index >= 15 is 0 Å². The van der Waals surface area contributed by atoms with E-state index in [0.29, 0.717) is 11.4 Å². The number of ether oxygens (including phenoxy) is 2. The zero-order valence-electron chi connectivity index (χ0n) is 16.8. The number of hydrogen-bond donors (Lipinski definition) is 1. The summed E-state index contributed by atoms with van der Waals surface area (Å²) in [5.41, 5.74) is 4.12. The van der Waals surface area contributed by atoms with Crippen molar-refractivity contribution >= 4 is 35.0 Å². The highest BCUT2D eigenvalue weighted by molar-refractivity contribution is 7.80. The Kier molecular flexibility index (Phi) is 4.51. The van der Waals surface area contributed by atoms with Crippen LogP contribution in [0.3, 0.4) is 0 Å². The van der Waals surface area contributed by atoms with Gasteiger partial charge < -0.3 is 19.4 Å². The van der Waals surface area contributed by atoms with E-state index in [2.05, 4.69) is 9.88 Å². The summed E-state index contributed by atoms with van der Waals surface area (Å²) in [6.07, 6.45) is 1.74. The molecule has 1 amide bonds. The second kappa shape index (κ2) is 7.24. The molecule has 156 valence electrons. The highest BCUT2D eigenvalue weighted by Crippen LogP contribution is 2.35. The SMILES string of the molecule is Cc1cc(/C=C2\NC(=S)N(c3ccccc3F)C2=O)c(C)n1-c1ccc2c(c1)OCO2. The van der Waals surface area contributed by atoms with Crippen molar-refractivity contribution in [1.29, 1.82) is 0 Å². The van der Waals surface area contributed by atoms with Crippen LogP contribution in [0, 0.1) is 19.7 Å². The Morgan fingerprint density at radius 1 is 1.10 bits per heavy atom. The Morgan fingerprint density at radius 2 is 1.87 bits per heavy atom. The summed E-state index contributed by atoms with van der Waals surface area (Å²) in [7, 11) is 0. The molecule has 0 atom stereocenters. The number of nitrogens with zero attached hydrogens (tertiary/aromatic N) is 2. The third kappa shape index (κ3) is 3.16. The largest absolute Gasteiger partial charge is 0.454 e. The Hall–Kier alpha value is -3.65. The molecule has 2 aromatic carbocycles. The Balaban J connectivity index is 1.51. The Morgan fingerprint density at radius 3 is 2.68 bits per heavy atom. The van der Waals surface area contributed by atoms with E-state index in [4.69, 9.17) is 21.7 Å². The minimum absolute atomic E-state index is 0.124. The number of hydrogen-bond acceptors (Lipinski definition) is 4. The monoisotopic (exact) mass is 435 g/mol. The molecule has 0 aliphatic carbocycles. The van der Waals surface area contributed by atoms with Crippen molar-refractivity contribution in [3.63, 3.8) is 0 Å². The van der Waals surface area contributed by atoms with Crippen molar-refractivity contribution in [2.75, 3.05) is 11.7 Å². The van der Waals surface area contributed by atoms with Crippen LogP contribution in [-0.2, 0) is 4.79 Å². The van der Waals surface area contributed by atoms with Crippen LogP contribution in [0.25, 0.3) is 11.8 Å². The lowest BCUT2D eigenvalue weighted by atomic mass is 10.2. The molecule has 8 heteroatoms. The van der Waals surface area contributed by atoms with Crippen LogP contribution in [0.5, 0.6) is 11.5 Å². The summed E-state index contributed by atoms with van der Waals surface area (Å²) in [4.78, 5) is 14.2. The summed E-state index contributed by atoms with van der Waals surface area (Å²) in [5.74, 6) is 0.504. The van der Waals surface area contributed by atoms with Crippen LogP contribution in [0.2, 0.25) is 0 Å². The number of halogens is 1. The molecule has 5 rings (SSSR count). The maximum absolute atomic E-state index is 14.2. The van der Waals surface area contributed by atoms with Crippen LogP contribution in [0.15, 0.2) is 54.2 Å². The number of benzene rings is 2. The molecule has 1 fully saturated rings. The molecule has 2 aliphatic rings. The normalized spacial score (nSPS) is 16.4. The van der Waals surface area contributed by atoms with Gasteiger partial charge in [-0.2, -0.15) is 0 Å². The Bertz CT molecular complexity index is 1280. The topological polar surface area (TPSA) is 55.7 Å². The first-order valence-corrected chi connectivity index (χ1v) is 10.1. The third-order valence-electron chi connectivity index (χ3n) is 5.36. The van der Waals surface area contributed by atoms with Crippen LogP contribution in [-0.4, -0.2) is 22.4 Å². The van der Waals surface area contributed by atoms with E-state index in [0.717, 1.165) is 28.4 Å². The number of aryl methyl sites for hydroxylation is 1. The maximum atomic E-state index is 14.2. The molecule has 2 aliphatic heterocycles. The van der Waals surface area contributed by atoms with Crippen molar-refractivity contribution in [3.05, 3.63) is 77.0 Å². The molecule has 3 heterocycles. The average Bonchev–Trinajstić information content (AvgIpc) is 3.39. The molecule has 0 bridgehead atoms. The zero-order valence-corrected chi connectivity index (χ0v) is 17.6. The van der Waals surface area contributed by atoms with Gasteiger partial charge in [-0.3, -0.25) is 4.79 Å². The van der Waals surface area contributed by atoms with Crippen molar-refractivity contribution in [1.82, 2.24) is 9.88 Å². The fourth-order valence-electron chi connectivity index (χ4n) is 3.90. The van der Waals surface area contributed by atoms with Crippen molar-refractivity contribution in [2.45, 2.75) is 13.8 Å². The third-order valence-corrected chi connectivity index (χ3v) is 5.64. The summed E-state index contributed by atoms with van der Waals surface area (Å²) in [6, 6.07) is 13.8. The molecule has 1 saturated heterocycles. The molecular formula is C23H18FN3O3S. The van der Waals surface area contributed by atoms with Crippen molar-refractivity contribution in [3.8, 4) is 17.2 Å². The number of carbonyl (C=O) groups is 1. The number of rotatable bonds is 3. The van der Waals surface area contributed by atoms with Gasteiger partial charge in [0.05, 0.1) is 5.69 Å². The van der Waals surface area contributed by atoms with E-state index < -0.39 is 11.7 Å².